The number of fused-ring (bicyclic) bond motifs is 6. The normalized spacial score (nSPS) is 33.2. The minimum atomic E-state index is -4.02. The van der Waals surface area contributed by atoms with Crippen molar-refractivity contribution in [2.75, 3.05) is 71.1 Å². The van der Waals surface area contributed by atoms with Crippen molar-refractivity contribution in [3.63, 3.8) is 0 Å². The number of methoxy groups -OCH3 is 1. The van der Waals surface area contributed by atoms with Gasteiger partial charge in [-0.3, -0.25) is 14.6 Å². The van der Waals surface area contributed by atoms with Crippen LogP contribution in [0.2, 0.25) is 5.02 Å². The van der Waals surface area contributed by atoms with Crippen LogP contribution in [0.15, 0.2) is 42.0 Å². The molecule has 1 amide bonds. The van der Waals surface area contributed by atoms with Crippen LogP contribution < -0.4 is 14.4 Å². The van der Waals surface area contributed by atoms with Crippen LogP contribution in [0.3, 0.4) is 0 Å². The summed E-state index contributed by atoms with van der Waals surface area (Å²) in [7, 11) is -2.17. The van der Waals surface area contributed by atoms with Crippen molar-refractivity contribution >= 4 is 33.2 Å². The number of allylic oxidation sites excluding steroid dienone is 1. The topological polar surface area (TPSA) is 101 Å². The Morgan fingerprint density at radius 3 is 2.69 bits per heavy atom. The first kappa shape index (κ1) is 38.1. The van der Waals surface area contributed by atoms with Crippen LogP contribution >= 0.6 is 11.6 Å². The Labute approximate surface area is 324 Å². The highest BCUT2D eigenvalue weighted by Crippen LogP contribution is 2.53. The lowest BCUT2D eigenvalue weighted by molar-refractivity contribution is -0.118. The number of ether oxygens (including phenoxy) is 3. The lowest BCUT2D eigenvalue weighted by Crippen LogP contribution is -2.64. The van der Waals surface area contributed by atoms with E-state index in [4.69, 9.17) is 25.8 Å². The van der Waals surface area contributed by atoms with Gasteiger partial charge in [-0.2, -0.15) is 0 Å². The summed E-state index contributed by atoms with van der Waals surface area (Å²) >= 11 is 6.33. The first-order chi connectivity index (χ1) is 26.0. The number of nitrogens with one attached hydrogen (secondary N) is 1. The molecule has 0 aromatic heterocycles. The van der Waals surface area contributed by atoms with Crippen LogP contribution in [0.4, 0.5) is 10.1 Å². The van der Waals surface area contributed by atoms with E-state index in [2.05, 4.69) is 25.5 Å². The maximum Gasteiger partial charge on any atom is 0.264 e. The summed E-state index contributed by atoms with van der Waals surface area (Å²) in [4.78, 5) is 21.0. The monoisotopic (exact) mass is 784 g/mol. The molecule has 1 N–H and O–H groups in total. The molecule has 294 valence electrons. The second-order valence-electron chi connectivity index (χ2n) is 16.5. The number of benzene rings is 2. The van der Waals surface area contributed by atoms with Crippen LogP contribution in [0.1, 0.15) is 67.4 Å². The maximum atomic E-state index is 15.7. The Morgan fingerprint density at radius 2 is 1.91 bits per heavy atom. The van der Waals surface area contributed by atoms with Gasteiger partial charge >= 0.3 is 0 Å². The number of hydrogen-bond acceptors (Lipinski definition) is 9. The second-order valence-corrected chi connectivity index (χ2v) is 19.0. The average molecular weight is 785 g/mol. The summed E-state index contributed by atoms with van der Waals surface area (Å²) in [6.45, 7) is 11.2. The Morgan fingerprint density at radius 1 is 1.07 bits per heavy atom. The molecule has 0 unspecified atom stereocenters. The lowest BCUT2D eigenvalue weighted by atomic mass is 9.58. The number of morpholine rings is 1. The molecule has 54 heavy (non-hydrogen) atoms. The molecule has 13 heteroatoms. The number of carbonyl (C=O) groups excluding carboxylic acids is 1. The third-order valence-corrected chi connectivity index (χ3v) is 15.8. The van der Waals surface area contributed by atoms with Crippen LogP contribution in [-0.2, 0) is 32.5 Å². The molecule has 10 nitrogen and oxygen atoms in total. The van der Waals surface area contributed by atoms with Crippen molar-refractivity contribution in [2.45, 2.75) is 75.8 Å². The predicted molar refractivity (Wildman–Crippen MR) is 207 cm³/mol. The number of anilines is 1. The second kappa shape index (κ2) is 15.3. The van der Waals surface area contributed by atoms with Crippen LogP contribution in [0.5, 0.6) is 5.75 Å². The van der Waals surface area contributed by atoms with Crippen LogP contribution in [-0.4, -0.2) is 107 Å². The van der Waals surface area contributed by atoms with E-state index < -0.39 is 26.8 Å². The Balaban J connectivity index is 1.22. The number of piperazine rings is 1. The van der Waals surface area contributed by atoms with Crippen molar-refractivity contribution in [3.05, 3.63) is 69.5 Å². The number of sulfonamides is 1. The zero-order chi connectivity index (χ0) is 37.8. The smallest absolute Gasteiger partial charge is 0.264 e. The molecule has 2 aromatic rings. The molecule has 2 aromatic carbocycles. The molecule has 3 fully saturated rings. The third-order valence-electron chi connectivity index (χ3n) is 13.7. The molecule has 9 rings (SSSR count). The molecule has 5 heterocycles. The van der Waals surface area contributed by atoms with Gasteiger partial charge in [0, 0.05) is 64.5 Å². The molecule has 1 saturated carbocycles. The molecule has 2 aliphatic carbocycles. The highest BCUT2D eigenvalue weighted by molar-refractivity contribution is 7.90. The van der Waals surface area contributed by atoms with E-state index in [1.807, 2.05) is 20.1 Å². The van der Waals surface area contributed by atoms with Crippen molar-refractivity contribution in [1.29, 1.82) is 0 Å². The van der Waals surface area contributed by atoms with Gasteiger partial charge in [0.1, 0.15) is 17.2 Å². The molecule has 0 spiro atoms. The largest absolute Gasteiger partial charge is 0.491 e. The molecule has 0 radical (unpaired) electrons. The van der Waals surface area contributed by atoms with Crippen molar-refractivity contribution < 1.29 is 31.8 Å². The summed E-state index contributed by atoms with van der Waals surface area (Å²) < 4.78 is 64.8. The highest BCUT2D eigenvalue weighted by atomic mass is 35.5. The van der Waals surface area contributed by atoms with E-state index in [1.165, 1.54) is 5.57 Å². The summed E-state index contributed by atoms with van der Waals surface area (Å²) in [5.41, 5.74) is 3.03. The third kappa shape index (κ3) is 7.08. The summed E-state index contributed by atoms with van der Waals surface area (Å²) in [5.74, 6) is -0.211. The van der Waals surface area contributed by atoms with E-state index >= 15 is 4.39 Å². The van der Waals surface area contributed by atoms with Crippen LogP contribution in [0.25, 0.3) is 0 Å². The van der Waals surface area contributed by atoms with Crippen LogP contribution in [0, 0.1) is 29.5 Å². The van der Waals surface area contributed by atoms with Crippen molar-refractivity contribution in [1.82, 2.24) is 14.5 Å². The Hall–Kier alpha value is -2.74. The SMILES string of the molecule is CO[C@@]1(CN2CCN3CCOC[C@@H]3C2)C2=C[C@@H](C2)[C@H](C)[C@@H](C)S(=O)(=O)NC(=O)c2ccc3c(c2)N(Cc2ccc(Cl)c(F)c2CCCCO3)C[C@@H]2CC[C@H]21. The molecule has 7 aliphatic rings. The first-order valence-electron chi connectivity index (χ1n) is 19.8. The zero-order valence-electron chi connectivity index (χ0n) is 31.7. The van der Waals surface area contributed by atoms with Gasteiger partial charge in [-0.05, 0) is 110 Å². The quantitative estimate of drug-likeness (QED) is 0.395. The fourth-order valence-electron chi connectivity index (χ4n) is 9.94. The number of amides is 1. The summed E-state index contributed by atoms with van der Waals surface area (Å²) in [5, 5.41) is -0.697. The van der Waals surface area contributed by atoms with Gasteiger partial charge in [-0.1, -0.05) is 30.7 Å². The number of hydrogen-bond donors (Lipinski definition) is 1. The number of halogens is 2. The fraction of sp³-hybridized carbons (Fsp3) is 0.634. The van der Waals surface area contributed by atoms with Gasteiger partial charge in [0.2, 0.25) is 10.0 Å². The minimum absolute atomic E-state index is 0.0402. The fourth-order valence-corrected chi connectivity index (χ4v) is 11.4. The van der Waals surface area contributed by atoms with Crippen molar-refractivity contribution in [2.24, 2.45) is 23.7 Å². The van der Waals surface area contributed by atoms with Gasteiger partial charge in [0.15, 0.2) is 0 Å². The van der Waals surface area contributed by atoms with E-state index in [1.54, 1.807) is 31.2 Å². The molecular formula is C41H54ClFN4O6S. The Bertz CT molecular complexity index is 1900. The van der Waals surface area contributed by atoms with Gasteiger partial charge in [0.25, 0.3) is 5.91 Å². The molecule has 4 bridgehead atoms. The van der Waals surface area contributed by atoms with Crippen molar-refractivity contribution in [3.8, 4) is 5.75 Å². The Kier molecular flexibility index (Phi) is 10.8. The molecule has 7 atom stereocenters. The first-order valence-corrected chi connectivity index (χ1v) is 21.7. The zero-order valence-corrected chi connectivity index (χ0v) is 33.3. The van der Waals surface area contributed by atoms with E-state index in [0.29, 0.717) is 55.6 Å². The highest BCUT2D eigenvalue weighted by Gasteiger charge is 2.54. The number of nitrogens with zero attached hydrogens (tertiary/aromatic N) is 3. The summed E-state index contributed by atoms with van der Waals surface area (Å²) in [6.07, 6.45) is 6.98. The molecule has 2 saturated heterocycles. The number of carbonyl (C=O) groups is 1. The predicted octanol–water partition coefficient (Wildman–Crippen LogP) is 5.67. The molecular weight excluding hydrogens is 731 g/mol. The van der Waals surface area contributed by atoms with E-state index in [-0.39, 0.29) is 40.1 Å². The van der Waals surface area contributed by atoms with E-state index in [0.717, 1.165) is 77.2 Å². The van der Waals surface area contributed by atoms with E-state index in [9.17, 15) is 13.2 Å². The van der Waals surface area contributed by atoms with Gasteiger partial charge in [0.05, 0.1) is 35.8 Å². The number of rotatable bonds is 3. The minimum Gasteiger partial charge on any atom is -0.491 e. The van der Waals surface area contributed by atoms with Gasteiger partial charge in [-0.15, -0.1) is 0 Å². The average Bonchev–Trinajstić information content (AvgIpc) is 3.16. The lowest BCUT2D eigenvalue weighted by Gasteiger charge is -2.56. The maximum absolute atomic E-state index is 15.7. The summed E-state index contributed by atoms with van der Waals surface area (Å²) in [6, 6.07) is 9.03. The standard InChI is InChI=1S/C41H54ClFN4O6S/c1-26-27(2)54(49,50)44-40(48)28-9-12-38-37(20-28)47(21-29-8-11-36(42)39(43)34(29)6-4-5-16-53-38)22-30-7-10-35(30)41(51-3,32-18-31(26)19-32)25-45-13-14-46-15-17-52-24-33(46)23-45/h8-9,11-12,18,20,26-27,30-31,33,35H,4-7,10,13-17,19,21-25H2,1-3H3,(H,44,48)/t26-,27-,30+,31+,33+,35-,41+/m1/s1. The van der Waals surface area contributed by atoms with Gasteiger partial charge in [-0.25, -0.2) is 17.5 Å². The molecule has 5 aliphatic heterocycles. The van der Waals surface area contributed by atoms with Gasteiger partial charge < -0.3 is 19.1 Å².